The first-order valence-electron chi connectivity index (χ1n) is 9.30. The maximum atomic E-state index is 13.3. The summed E-state index contributed by atoms with van der Waals surface area (Å²) in [6, 6.07) is 1.97. The smallest absolute Gasteiger partial charge is 0.335 e. The lowest BCUT2D eigenvalue weighted by atomic mass is 10.1. The van der Waals surface area contributed by atoms with Gasteiger partial charge in [-0.2, -0.15) is 18.4 Å². The van der Waals surface area contributed by atoms with Crippen LogP contribution in [0, 0.1) is 17.2 Å². The fraction of sp³-hybridized carbons (Fsp3) is 0.474. The topological polar surface area (TPSA) is 84.7 Å². The number of anilines is 1. The van der Waals surface area contributed by atoms with Crippen molar-refractivity contribution < 1.29 is 27.6 Å². The normalized spacial score (nSPS) is 28.2. The van der Waals surface area contributed by atoms with E-state index in [-0.39, 0.29) is 23.6 Å². The molecule has 3 aliphatic heterocycles. The van der Waals surface area contributed by atoms with E-state index in [1.54, 1.807) is 4.90 Å². The SMILES string of the molecule is N#Cc1ccc(N2C(=O)[C@@H]3[C@@H]4C[C@@H](CN4C(=O)C4CC4)N3C2=O)cc1C(F)(F)F. The molecule has 7 nitrogen and oxygen atoms in total. The molecular weight excluding hydrogens is 389 g/mol. The number of halogens is 3. The Morgan fingerprint density at radius 3 is 2.55 bits per heavy atom. The van der Waals surface area contributed by atoms with Crippen LogP contribution in [-0.4, -0.2) is 52.3 Å². The molecule has 1 aliphatic carbocycles. The number of hydrogen-bond acceptors (Lipinski definition) is 4. The van der Waals surface area contributed by atoms with E-state index < -0.39 is 41.3 Å². The maximum absolute atomic E-state index is 13.3. The molecule has 3 heterocycles. The maximum Gasteiger partial charge on any atom is 0.417 e. The highest BCUT2D eigenvalue weighted by molar-refractivity contribution is 6.22. The number of nitrogens with zero attached hydrogens (tertiary/aromatic N) is 4. The molecule has 150 valence electrons. The molecule has 29 heavy (non-hydrogen) atoms. The minimum Gasteiger partial charge on any atom is -0.335 e. The Hall–Kier alpha value is -3.09. The summed E-state index contributed by atoms with van der Waals surface area (Å²) >= 11 is 0. The van der Waals surface area contributed by atoms with Gasteiger partial charge in [0, 0.05) is 12.5 Å². The molecule has 2 bridgehead atoms. The zero-order valence-corrected chi connectivity index (χ0v) is 15.0. The molecule has 3 atom stereocenters. The van der Waals surface area contributed by atoms with Crippen LogP contribution in [0.25, 0.3) is 0 Å². The van der Waals surface area contributed by atoms with Crippen LogP contribution in [0.2, 0.25) is 0 Å². The van der Waals surface area contributed by atoms with Crippen molar-refractivity contribution in [1.29, 1.82) is 5.26 Å². The minimum atomic E-state index is -4.80. The van der Waals surface area contributed by atoms with Gasteiger partial charge in [0.05, 0.1) is 35.0 Å². The van der Waals surface area contributed by atoms with E-state index in [2.05, 4.69) is 0 Å². The first-order valence-corrected chi connectivity index (χ1v) is 9.30. The van der Waals surface area contributed by atoms with Gasteiger partial charge in [0.25, 0.3) is 5.91 Å². The Balaban J connectivity index is 1.49. The van der Waals surface area contributed by atoms with E-state index in [0.717, 1.165) is 23.8 Å². The highest BCUT2D eigenvalue weighted by Crippen LogP contribution is 2.45. The van der Waals surface area contributed by atoms with Crippen molar-refractivity contribution in [1.82, 2.24) is 9.80 Å². The second-order valence-electron chi connectivity index (χ2n) is 7.87. The Labute approximate surface area is 163 Å². The third kappa shape index (κ3) is 2.46. The minimum absolute atomic E-state index is 0.00594. The number of carbonyl (C=O) groups is 3. The molecule has 5 rings (SSSR count). The Kier molecular flexibility index (Phi) is 3.54. The van der Waals surface area contributed by atoms with Gasteiger partial charge in [-0.05, 0) is 37.5 Å². The van der Waals surface area contributed by atoms with Crippen LogP contribution >= 0.6 is 0 Å². The highest BCUT2D eigenvalue weighted by Gasteiger charge is 2.63. The van der Waals surface area contributed by atoms with E-state index in [0.29, 0.717) is 19.0 Å². The summed E-state index contributed by atoms with van der Waals surface area (Å²) in [4.78, 5) is 42.2. The van der Waals surface area contributed by atoms with Crippen molar-refractivity contribution in [3.05, 3.63) is 29.3 Å². The van der Waals surface area contributed by atoms with Crippen molar-refractivity contribution in [2.75, 3.05) is 11.4 Å². The van der Waals surface area contributed by atoms with Crippen LogP contribution in [0.3, 0.4) is 0 Å². The zero-order chi connectivity index (χ0) is 20.7. The molecule has 4 aliphatic rings. The van der Waals surface area contributed by atoms with Crippen molar-refractivity contribution in [2.24, 2.45) is 5.92 Å². The molecule has 4 amide bonds. The van der Waals surface area contributed by atoms with Gasteiger partial charge in [0.15, 0.2) is 0 Å². The van der Waals surface area contributed by atoms with Crippen LogP contribution < -0.4 is 4.90 Å². The molecule has 0 spiro atoms. The molecule has 0 unspecified atom stereocenters. The Morgan fingerprint density at radius 1 is 1.21 bits per heavy atom. The summed E-state index contributed by atoms with van der Waals surface area (Å²) in [5, 5.41) is 8.94. The van der Waals surface area contributed by atoms with Gasteiger partial charge in [-0.25, -0.2) is 9.69 Å². The number of piperazine rings is 1. The van der Waals surface area contributed by atoms with Crippen LogP contribution in [0.5, 0.6) is 0 Å². The van der Waals surface area contributed by atoms with E-state index >= 15 is 0 Å². The molecule has 10 heteroatoms. The van der Waals surface area contributed by atoms with Crippen LogP contribution in [-0.2, 0) is 15.8 Å². The zero-order valence-electron chi connectivity index (χ0n) is 15.0. The molecule has 0 aromatic heterocycles. The van der Waals surface area contributed by atoms with Gasteiger partial charge in [-0.1, -0.05) is 0 Å². The Morgan fingerprint density at radius 2 is 1.93 bits per heavy atom. The van der Waals surface area contributed by atoms with Gasteiger partial charge in [0.1, 0.15) is 6.04 Å². The van der Waals surface area contributed by atoms with Gasteiger partial charge < -0.3 is 9.80 Å². The largest absolute Gasteiger partial charge is 0.417 e. The number of fused-ring (bicyclic) bond motifs is 5. The average molecular weight is 404 g/mol. The second-order valence-corrected chi connectivity index (χ2v) is 7.87. The number of hydrogen-bond donors (Lipinski definition) is 0. The van der Waals surface area contributed by atoms with Crippen LogP contribution in [0.15, 0.2) is 18.2 Å². The lowest BCUT2D eigenvalue weighted by Crippen LogP contribution is -2.55. The van der Waals surface area contributed by atoms with E-state index in [9.17, 15) is 27.6 Å². The number of nitriles is 1. The fourth-order valence-electron chi connectivity index (χ4n) is 4.72. The molecule has 4 fully saturated rings. The van der Waals surface area contributed by atoms with E-state index in [4.69, 9.17) is 5.26 Å². The third-order valence-electron chi connectivity index (χ3n) is 6.16. The predicted molar refractivity (Wildman–Crippen MR) is 91.3 cm³/mol. The number of amides is 4. The van der Waals surface area contributed by atoms with Crippen molar-refractivity contribution in [3.8, 4) is 6.07 Å². The summed E-state index contributed by atoms with van der Waals surface area (Å²) in [5.41, 5.74) is -2.00. The number of urea groups is 1. The molecule has 0 radical (unpaired) electrons. The lowest BCUT2D eigenvalue weighted by Gasteiger charge is -2.35. The molecule has 1 aromatic rings. The standard InChI is InChI=1S/C19H15F3N4O3/c20-19(21,22)13-5-11(4-3-10(13)7-23)26-17(28)15-14-6-12(25(15)18(26)29)8-24(14)16(27)9-1-2-9/h3-5,9,12,14-15H,1-2,6,8H2/t12-,14-,15-/m0/s1. The molecule has 3 saturated heterocycles. The molecule has 0 N–H and O–H groups in total. The number of likely N-dealkylation sites (tertiary alicyclic amines) is 1. The molecule has 1 saturated carbocycles. The molecular formula is C19H15F3N4O3. The predicted octanol–water partition coefficient (Wildman–Crippen LogP) is 2.11. The van der Waals surface area contributed by atoms with Crippen molar-refractivity contribution in [2.45, 2.75) is 43.6 Å². The van der Waals surface area contributed by atoms with Crippen molar-refractivity contribution in [3.63, 3.8) is 0 Å². The highest BCUT2D eigenvalue weighted by atomic mass is 19.4. The number of rotatable bonds is 2. The fourth-order valence-corrected chi connectivity index (χ4v) is 4.72. The summed E-state index contributed by atoms with van der Waals surface area (Å²) in [6.07, 6.45) is -2.64. The van der Waals surface area contributed by atoms with Crippen LogP contribution in [0.1, 0.15) is 30.4 Å². The Bertz CT molecular complexity index is 997. The monoisotopic (exact) mass is 404 g/mol. The quantitative estimate of drug-likeness (QED) is 0.707. The number of alkyl halides is 3. The van der Waals surface area contributed by atoms with Crippen molar-refractivity contribution >= 4 is 23.5 Å². The number of carbonyl (C=O) groups excluding carboxylic acids is 3. The summed E-state index contributed by atoms with van der Waals surface area (Å²) in [7, 11) is 0. The van der Waals surface area contributed by atoms with Crippen LogP contribution in [0.4, 0.5) is 23.7 Å². The van der Waals surface area contributed by atoms with Gasteiger partial charge in [-0.15, -0.1) is 0 Å². The third-order valence-corrected chi connectivity index (χ3v) is 6.16. The number of imide groups is 1. The number of benzene rings is 1. The lowest BCUT2D eigenvalue weighted by molar-refractivity contribution is -0.138. The van der Waals surface area contributed by atoms with Gasteiger partial charge >= 0.3 is 12.2 Å². The van der Waals surface area contributed by atoms with Gasteiger partial charge in [-0.3, -0.25) is 9.59 Å². The first-order chi connectivity index (χ1) is 13.7. The average Bonchev–Trinajstić information content (AvgIpc) is 3.27. The second kappa shape index (κ2) is 5.72. The summed E-state index contributed by atoms with van der Waals surface area (Å²) < 4.78 is 39.9. The molecule has 1 aromatic carbocycles. The van der Waals surface area contributed by atoms with E-state index in [1.165, 1.54) is 17.0 Å². The van der Waals surface area contributed by atoms with Gasteiger partial charge in [0.2, 0.25) is 5.91 Å². The summed E-state index contributed by atoms with van der Waals surface area (Å²) in [5.74, 6) is -0.652. The van der Waals surface area contributed by atoms with E-state index in [1.807, 2.05) is 0 Å². The first kappa shape index (κ1) is 18.0. The summed E-state index contributed by atoms with van der Waals surface area (Å²) in [6.45, 7) is 0.352.